The number of benzene rings is 2. The summed E-state index contributed by atoms with van der Waals surface area (Å²) in [6.07, 6.45) is 1.38. The topological polar surface area (TPSA) is 87.5 Å². The molecule has 0 aliphatic carbocycles. The number of aliphatic hydroxyl groups excluding tert-OH is 1. The molecule has 204 valence electrons. The molecule has 2 aromatic carbocycles. The van der Waals surface area contributed by atoms with E-state index in [4.69, 9.17) is 21.7 Å². The summed E-state index contributed by atoms with van der Waals surface area (Å²) in [5, 5.41) is 13.3. The van der Waals surface area contributed by atoms with Crippen molar-refractivity contribution in [3.63, 3.8) is 0 Å². The molecule has 0 spiro atoms. The number of hydrogen-bond acceptors (Lipinski definition) is 5. The lowest BCUT2D eigenvalue weighted by Gasteiger charge is -2.35. The first-order valence-corrected chi connectivity index (χ1v) is 13.6. The average molecular weight is 539 g/mol. The number of aliphatic hydroxyl groups is 1. The van der Waals surface area contributed by atoms with E-state index in [1.807, 2.05) is 56.9 Å². The van der Waals surface area contributed by atoms with E-state index in [0.29, 0.717) is 66.3 Å². The van der Waals surface area contributed by atoms with Crippen LogP contribution in [0.4, 0.5) is 0 Å². The van der Waals surface area contributed by atoms with Crippen LogP contribution in [0.15, 0.2) is 59.4 Å². The molecule has 0 saturated heterocycles. The number of allylic oxidation sites excluding steroid dienone is 1. The summed E-state index contributed by atoms with van der Waals surface area (Å²) in [5.74, 6) is 0.379. The van der Waals surface area contributed by atoms with Gasteiger partial charge in [-0.1, -0.05) is 55.3 Å². The summed E-state index contributed by atoms with van der Waals surface area (Å²) in [4.78, 5) is 34.5. The second-order valence-electron chi connectivity index (χ2n) is 10.2. The third-order valence-electron chi connectivity index (χ3n) is 6.43. The third-order valence-corrected chi connectivity index (χ3v) is 6.67. The summed E-state index contributed by atoms with van der Waals surface area (Å²) in [6.45, 7) is 14.3. The zero-order chi connectivity index (χ0) is 27.8. The zero-order valence-electron chi connectivity index (χ0n) is 22.8. The molecule has 2 N–H and O–H groups in total. The van der Waals surface area contributed by atoms with Gasteiger partial charge in [0.25, 0.3) is 11.5 Å². The van der Waals surface area contributed by atoms with Gasteiger partial charge in [0, 0.05) is 30.3 Å². The minimum Gasteiger partial charge on any atom is -0.396 e. The molecule has 0 aliphatic rings. The molecule has 0 bridgehead atoms. The monoisotopic (exact) mass is 538 g/mol. The Morgan fingerprint density at radius 2 is 1.84 bits per heavy atom. The van der Waals surface area contributed by atoms with Crippen LogP contribution in [0.3, 0.4) is 0 Å². The summed E-state index contributed by atoms with van der Waals surface area (Å²) >= 11 is 6.27. The van der Waals surface area contributed by atoms with E-state index in [1.54, 1.807) is 22.8 Å². The lowest BCUT2D eigenvalue weighted by Crippen LogP contribution is -2.42. The predicted molar refractivity (Wildman–Crippen MR) is 155 cm³/mol. The number of aromatic nitrogens is 2. The number of aryl methyl sites for hydroxylation is 1. The lowest BCUT2D eigenvalue weighted by atomic mass is 9.98. The SMILES string of the molecule is C=C(C)Cn1c(C(C(C)C)N(CCCNCCCO)C(=O)c2ccc(C)cc2)nc2cc(Cl)ccc2c1=O. The van der Waals surface area contributed by atoms with Crippen molar-refractivity contribution < 1.29 is 9.90 Å². The molecule has 0 saturated carbocycles. The Kier molecular flexibility index (Phi) is 10.6. The van der Waals surface area contributed by atoms with Gasteiger partial charge in [0.1, 0.15) is 5.82 Å². The number of halogens is 1. The fraction of sp³-hybridized carbons (Fsp3) is 0.433. The van der Waals surface area contributed by atoms with Gasteiger partial charge >= 0.3 is 0 Å². The standard InChI is InChI=1S/C30H39ClN4O3/c1-20(2)19-35-28(33-26-18-24(31)12-13-25(26)30(35)38)27(21(3)4)34(16-6-14-32-15-7-17-36)29(37)23-10-8-22(5)9-11-23/h8-13,18,21,27,32,36H,1,6-7,14-17,19H2,2-5H3. The van der Waals surface area contributed by atoms with E-state index < -0.39 is 6.04 Å². The van der Waals surface area contributed by atoms with Crippen molar-refractivity contribution >= 4 is 28.4 Å². The Balaban J connectivity index is 2.13. The molecule has 1 amide bonds. The third kappa shape index (κ3) is 7.31. The number of rotatable bonds is 13. The summed E-state index contributed by atoms with van der Waals surface area (Å²) in [5.41, 5.74) is 2.81. The van der Waals surface area contributed by atoms with Gasteiger partial charge in [0.2, 0.25) is 0 Å². The molecule has 7 nitrogen and oxygen atoms in total. The minimum absolute atomic E-state index is 0.0355. The molecule has 0 radical (unpaired) electrons. The Morgan fingerprint density at radius 1 is 1.16 bits per heavy atom. The van der Waals surface area contributed by atoms with Gasteiger partial charge in [-0.25, -0.2) is 4.98 Å². The molecule has 8 heteroatoms. The van der Waals surface area contributed by atoms with Crippen molar-refractivity contribution in [2.75, 3.05) is 26.2 Å². The van der Waals surface area contributed by atoms with E-state index in [9.17, 15) is 9.59 Å². The molecule has 0 aliphatic heterocycles. The second kappa shape index (κ2) is 13.7. The molecule has 3 aromatic rings. The molecular formula is C30H39ClN4O3. The normalized spacial score (nSPS) is 12.2. The van der Waals surface area contributed by atoms with Crippen LogP contribution >= 0.6 is 11.6 Å². The summed E-state index contributed by atoms with van der Waals surface area (Å²) < 4.78 is 1.65. The number of fused-ring (bicyclic) bond motifs is 1. The van der Waals surface area contributed by atoms with Gasteiger partial charge in [0.05, 0.1) is 16.9 Å². The highest BCUT2D eigenvalue weighted by atomic mass is 35.5. The first kappa shape index (κ1) is 29.6. The van der Waals surface area contributed by atoms with Crippen molar-refractivity contribution in [1.82, 2.24) is 19.8 Å². The zero-order valence-corrected chi connectivity index (χ0v) is 23.6. The largest absolute Gasteiger partial charge is 0.396 e. The minimum atomic E-state index is -0.461. The van der Waals surface area contributed by atoms with Gasteiger partial charge < -0.3 is 15.3 Å². The van der Waals surface area contributed by atoms with E-state index in [-0.39, 0.29) is 24.0 Å². The smallest absolute Gasteiger partial charge is 0.261 e. The molecule has 1 aromatic heterocycles. The fourth-order valence-electron chi connectivity index (χ4n) is 4.59. The maximum Gasteiger partial charge on any atom is 0.261 e. The number of carbonyl (C=O) groups excluding carboxylic acids is 1. The van der Waals surface area contributed by atoms with Gasteiger partial charge in [-0.3, -0.25) is 14.2 Å². The highest BCUT2D eigenvalue weighted by Gasteiger charge is 2.32. The van der Waals surface area contributed by atoms with E-state index in [1.165, 1.54) is 0 Å². The van der Waals surface area contributed by atoms with E-state index >= 15 is 0 Å². The van der Waals surface area contributed by atoms with Gasteiger partial charge in [-0.15, -0.1) is 0 Å². The molecule has 1 heterocycles. The quantitative estimate of drug-likeness (QED) is 0.232. The highest BCUT2D eigenvalue weighted by Crippen LogP contribution is 2.30. The van der Waals surface area contributed by atoms with Crippen molar-refractivity contribution in [1.29, 1.82) is 0 Å². The van der Waals surface area contributed by atoms with Gasteiger partial charge in [-0.2, -0.15) is 0 Å². The Labute approximate surface area is 230 Å². The van der Waals surface area contributed by atoms with Crippen LogP contribution in [0.1, 0.15) is 61.4 Å². The summed E-state index contributed by atoms with van der Waals surface area (Å²) in [6, 6.07) is 12.2. The van der Waals surface area contributed by atoms with Crippen molar-refractivity contribution in [2.24, 2.45) is 5.92 Å². The maximum absolute atomic E-state index is 14.0. The Bertz CT molecular complexity index is 1320. The van der Waals surface area contributed by atoms with Gasteiger partial charge in [-0.05, 0) is 76.0 Å². The van der Waals surface area contributed by atoms with Crippen LogP contribution in [0, 0.1) is 12.8 Å². The number of hydrogen-bond donors (Lipinski definition) is 2. The first-order valence-electron chi connectivity index (χ1n) is 13.2. The van der Waals surface area contributed by atoms with E-state index in [0.717, 1.165) is 11.1 Å². The number of amides is 1. The number of carbonyl (C=O) groups is 1. The van der Waals surface area contributed by atoms with Crippen LogP contribution in [0.5, 0.6) is 0 Å². The first-order chi connectivity index (χ1) is 18.1. The van der Waals surface area contributed by atoms with Gasteiger partial charge in [0.15, 0.2) is 0 Å². The Hall–Kier alpha value is -3.00. The molecule has 38 heavy (non-hydrogen) atoms. The molecule has 3 rings (SSSR count). The molecule has 0 fully saturated rings. The van der Waals surface area contributed by atoms with Crippen LogP contribution in [0.2, 0.25) is 5.02 Å². The second-order valence-corrected chi connectivity index (χ2v) is 10.7. The molecular weight excluding hydrogens is 500 g/mol. The molecule has 1 unspecified atom stereocenters. The predicted octanol–water partition coefficient (Wildman–Crippen LogP) is 5.14. The number of nitrogens with zero attached hydrogens (tertiary/aromatic N) is 3. The van der Waals surface area contributed by atoms with Crippen molar-refractivity contribution in [2.45, 2.75) is 53.1 Å². The highest BCUT2D eigenvalue weighted by molar-refractivity contribution is 6.31. The maximum atomic E-state index is 14.0. The van der Waals surface area contributed by atoms with Crippen LogP contribution < -0.4 is 10.9 Å². The van der Waals surface area contributed by atoms with E-state index in [2.05, 4.69) is 11.9 Å². The molecule has 1 atom stereocenters. The van der Waals surface area contributed by atoms with Crippen LogP contribution in [-0.4, -0.2) is 51.7 Å². The van der Waals surface area contributed by atoms with Crippen molar-refractivity contribution in [3.8, 4) is 0 Å². The summed E-state index contributed by atoms with van der Waals surface area (Å²) in [7, 11) is 0. The average Bonchev–Trinajstić information content (AvgIpc) is 2.86. The fourth-order valence-corrected chi connectivity index (χ4v) is 4.76. The lowest BCUT2D eigenvalue weighted by molar-refractivity contribution is 0.0601. The Morgan fingerprint density at radius 3 is 2.47 bits per heavy atom. The number of nitrogens with one attached hydrogen (secondary N) is 1. The van der Waals surface area contributed by atoms with Crippen LogP contribution in [0.25, 0.3) is 10.9 Å². The van der Waals surface area contributed by atoms with Crippen LogP contribution in [-0.2, 0) is 6.54 Å². The van der Waals surface area contributed by atoms with Crippen molar-refractivity contribution in [3.05, 3.63) is 86.9 Å².